The molecule has 2 aliphatic rings. The van der Waals surface area contributed by atoms with Gasteiger partial charge in [-0.05, 0) is 45.7 Å². The maximum Gasteiger partial charge on any atom is 0.407 e. The lowest BCUT2D eigenvalue weighted by atomic mass is 10.1. The molecule has 1 aliphatic carbocycles. The summed E-state index contributed by atoms with van der Waals surface area (Å²) in [5, 5.41) is 8.99. The van der Waals surface area contributed by atoms with Gasteiger partial charge in [0, 0.05) is 12.6 Å². The molecule has 0 aromatic carbocycles. The van der Waals surface area contributed by atoms with Crippen molar-refractivity contribution in [3.05, 3.63) is 0 Å². The lowest BCUT2D eigenvalue weighted by Gasteiger charge is -2.36. The molecule has 1 saturated carbocycles. The summed E-state index contributed by atoms with van der Waals surface area (Å²) in [6.45, 7) is 4.34. The van der Waals surface area contributed by atoms with Gasteiger partial charge in [-0.1, -0.05) is 0 Å². The smallest absolute Gasteiger partial charge is 0.407 e. The van der Waals surface area contributed by atoms with Gasteiger partial charge in [0.15, 0.2) is 0 Å². The van der Waals surface area contributed by atoms with Crippen LogP contribution in [0.15, 0.2) is 0 Å². The van der Waals surface area contributed by atoms with Crippen LogP contribution >= 0.6 is 0 Å². The Bertz CT molecular complexity index is 257. The van der Waals surface area contributed by atoms with E-state index in [4.69, 9.17) is 5.11 Å². The lowest BCUT2D eigenvalue weighted by molar-refractivity contribution is 0.0897. The van der Waals surface area contributed by atoms with Crippen molar-refractivity contribution in [1.29, 1.82) is 0 Å². The van der Waals surface area contributed by atoms with Crippen molar-refractivity contribution < 1.29 is 9.90 Å². The van der Waals surface area contributed by atoms with E-state index in [1.54, 1.807) is 7.05 Å². The summed E-state index contributed by atoms with van der Waals surface area (Å²) in [5.41, 5.74) is 0.170. The second-order valence-corrected chi connectivity index (χ2v) is 4.87. The van der Waals surface area contributed by atoms with Crippen molar-refractivity contribution in [3.8, 4) is 0 Å². The topological polar surface area (TPSA) is 43.8 Å². The first-order chi connectivity index (χ1) is 7.08. The predicted octanol–water partition coefficient (Wildman–Crippen LogP) is 1.61. The van der Waals surface area contributed by atoms with Gasteiger partial charge in [0.05, 0.1) is 6.04 Å². The monoisotopic (exact) mass is 212 g/mol. The van der Waals surface area contributed by atoms with E-state index < -0.39 is 6.09 Å². The highest BCUT2D eigenvalue weighted by Crippen LogP contribution is 2.47. The highest BCUT2D eigenvalue weighted by Gasteiger charge is 2.54. The Morgan fingerprint density at radius 3 is 2.33 bits per heavy atom. The van der Waals surface area contributed by atoms with E-state index in [-0.39, 0.29) is 11.6 Å². The zero-order valence-corrected chi connectivity index (χ0v) is 9.57. The predicted molar refractivity (Wildman–Crippen MR) is 58.0 cm³/mol. The Morgan fingerprint density at radius 2 is 1.93 bits per heavy atom. The quantitative estimate of drug-likeness (QED) is 0.773. The molecule has 0 aromatic rings. The number of nitrogens with zero attached hydrogens (tertiary/aromatic N) is 2. The Morgan fingerprint density at radius 1 is 1.40 bits per heavy atom. The molecule has 2 rings (SSSR count). The van der Waals surface area contributed by atoms with Crippen LogP contribution in [0.4, 0.5) is 4.79 Å². The normalized spacial score (nSPS) is 26.3. The summed E-state index contributed by atoms with van der Waals surface area (Å²) in [7, 11) is 1.68. The summed E-state index contributed by atoms with van der Waals surface area (Å²) < 4.78 is 0. The molecular weight excluding hydrogens is 192 g/mol. The first-order valence-electron chi connectivity index (χ1n) is 5.79. The fourth-order valence-electron chi connectivity index (χ4n) is 2.81. The third kappa shape index (κ3) is 1.71. The van der Waals surface area contributed by atoms with E-state index in [1.807, 2.05) is 6.92 Å². The number of carbonyl (C=O) groups is 1. The third-order valence-corrected chi connectivity index (χ3v) is 4.16. The van der Waals surface area contributed by atoms with Crippen LogP contribution in [0, 0.1) is 0 Å². The number of rotatable bonds is 3. The fraction of sp³-hybridized carbons (Fsp3) is 0.909. The average molecular weight is 212 g/mol. The van der Waals surface area contributed by atoms with Gasteiger partial charge in [-0.3, -0.25) is 4.90 Å². The highest BCUT2D eigenvalue weighted by atomic mass is 16.4. The zero-order valence-electron chi connectivity index (χ0n) is 9.57. The minimum Gasteiger partial charge on any atom is -0.465 e. The molecule has 86 valence electrons. The van der Waals surface area contributed by atoms with Crippen molar-refractivity contribution >= 4 is 6.09 Å². The van der Waals surface area contributed by atoms with Gasteiger partial charge in [-0.2, -0.15) is 0 Å². The van der Waals surface area contributed by atoms with Gasteiger partial charge < -0.3 is 10.0 Å². The number of hydrogen-bond acceptors (Lipinski definition) is 2. The average Bonchev–Trinajstić information content (AvgIpc) is 2.84. The van der Waals surface area contributed by atoms with E-state index >= 15 is 0 Å². The number of hydrogen-bond donors (Lipinski definition) is 1. The van der Waals surface area contributed by atoms with E-state index in [2.05, 4.69) is 4.90 Å². The largest absolute Gasteiger partial charge is 0.465 e. The molecule has 4 nitrogen and oxygen atoms in total. The second-order valence-electron chi connectivity index (χ2n) is 4.87. The summed E-state index contributed by atoms with van der Waals surface area (Å²) in [4.78, 5) is 14.9. The molecule has 0 radical (unpaired) electrons. The van der Waals surface area contributed by atoms with Crippen LogP contribution in [-0.4, -0.2) is 52.7 Å². The molecule has 1 heterocycles. The first-order valence-corrected chi connectivity index (χ1v) is 5.79. The Labute approximate surface area is 90.9 Å². The van der Waals surface area contributed by atoms with Crippen LogP contribution in [0.1, 0.15) is 32.6 Å². The van der Waals surface area contributed by atoms with Crippen LogP contribution in [0.5, 0.6) is 0 Å². The standard InChI is InChI=1S/C11H20N2O2/c1-9(12(2)10(14)15)11(5-6-11)13-7-3-4-8-13/h9H,3-8H2,1-2H3,(H,14,15). The van der Waals surface area contributed by atoms with E-state index in [0.717, 1.165) is 25.9 Å². The maximum atomic E-state index is 10.9. The molecule has 15 heavy (non-hydrogen) atoms. The highest BCUT2D eigenvalue weighted by molar-refractivity contribution is 5.65. The molecule has 2 fully saturated rings. The lowest BCUT2D eigenvalue weighted by Crippen LogP contribution is -2.51. The van der Waals surface area contributed by atoms with Crippen molar-refractivity contribution in [2.75, 3.05) is 20.1 Å². The zero-order chi connectivity index (χ0) is 11.1. The van der Waals surface area contributed by atoms with E-state index in [1.165, 1.54) is 17.7 Å². The summed E-state index contributed by atoms with van der Waals surface area (Å²) in [6.07, 6.45) is 4.04. The van der Waals surface area contributed by atoms with Gasteiger partial charge in [-0.25, -0.2) is 4.79 Å². The van der Waals surface area contributed by atoms with Gasteiger partial charge in [0.1, 0.15) is 0 Å². The van der Waals surface area contributed by atoms with Crippen molar-refractivity contribution in [2.45, 2.75) is 44.2 Å². The molecule has 1 saturated heterocycles. The number of amides is 1. The van der Waals surface area contributed by atoms with E-state index in [9.17, 15) is 4.79 Å². The molecule has 0 spiro atoms. The first kappa shape index (κ1) is 10.7. The van der Waals surface area contributed by atoms with Crippen molar-refractivity contribution in [1.82, 2.24) is 9.80 Å². The van der Waals surface area contributed by atoms with Gasteiger partial charge >= 0.3 is 6.09 Å². The minimum absolute atomic E-state index is 0.119. The molecule has 0 bridgehead atoms. The molecule has 0 aromatic heterocycles. The van der Waals surface area contributed by atoms with E-state index in [0.29, 0.717) is 0 Å². The summed E-state index contributed by atoms with van der Waals surface area (Å²) >= 11 is 0. The van der Waals surface area contributed by atoms with Gasteiger partial charge in [0.2, 0.25) is 0 Å². The summed E-state index contributed by atoms with van der Waals surface area (Å²) in [6, 6.07) is 0.119. The summed E-state index contributed by atoms with van der Waals surface area (Å²) in [5.74, 6) is 0. The van der Waals surface area contributed by atoms with Crippen LogP contribution in [0.25, 0.3) is 0 Å². The molecule has 1 N–H and O–H groups in total. The molecule has 1 unspecified atom stereocenters. The number of likely N-dealkylation sites (tertiary alicyclic amines) is 1. The van der Waals surface area contributed by atoms with Gasteiger partial charge in [-0.15, -0.1) is 0 Å². The Balaban J connectivity index is 2.05. The van der Waals surface area contributed by atoms with Crippen molar-refractivity contribution in [2.24, 2.45) is 0 Å². The molecule has 1 aliphatic heterocycles. The molecular formula is C11H20N2O2. The molecule has 1 amide bonds. The third-order valence-electron chi connectivity index (χ3n) is 4.16. The second kappa shape index (κ2) is 3.67. The van der Waals surface area contributed by atoms with Gasteiger partial charge in [0.25, 0.3) is 0 Å². The van der Waals surface area contributed by atoms with Crippen LogP contribution in [0.2, 0.25) is 0 Å². The number of likely N-dealkylation sites (N-methyl/N-ethyl adjacent to an activating group) is 1. The van der Waals surface area contributed by atoms with Crippen molar-refractivity contribution in [3.63, 3.8) is 0 Å². The Hall–Kier alpha value is -0.770. The SMILES string of the molecule is CC(N(C)C(=O)O)C1(N2CCCC2)CC1. The van der Waals surface area contributed by atoms with Crippen LogP contribution in [0.3, 0.4) is 0 Å². The molecule has 4 heteroatoms. The molecule has 1 atom stereocenters. The minimum atomic E-state index is -0.812. The number of carboxylic acid groups (broad SMARTS) is 1. The van der Waals surface area contributed by atoms with Crippen LogP contribution < -0.4 is 0 Å². The van der Waals surface area contributed by atoms with Crippen LogP contribution in [-0.2, 0) is 0 Å². The fourth-order valence-corrected chi connectivity index (χ4v) is 2.81. The maximum absolute atomic E-state index is 10.9. The Kier molecular flexibility index (Phi) is 2.63.